The highest BCUT2D eigenvalue weighted by molar-refractivity contribution is 5.87. The Bertz CT molecular complexity index is 1150. The summed E-state index contributed by atoms with van der Waals surface area (Å²) in [6.45, 7) is 5.24. The van der Waals surface area contributed by atoms with Gasteiger partial charge in [-0.2, -0.15) is 5.10 Å². The largest absolute Gasteiger partial charge is 0.347 e. The molecule has 164 valence electrons. The van der Waals surface area contributed by atoms with E-state index < -0.39 is 5.82 Å². The van der Waals surface area contributed by atoms with Crippen molar-refractivity contribution in [2.24, 2.45) is 0 Å². The maximum Gasteiger partial charge on any atom is 0.243 e. The van der Waals surface area contributed by atoms with Crippen molar-refractivity contribution >= 4 is 11.7 Å². The van der Waals surface area contributed by atoms with E-state index in [1.54, 1.807) is 6.20 Å². The van der Waals surface area contributed by atoms with Gasteiger partial charge in [-0.05, 0) is 42.2 Å². The normalized spacial score (nSPS) is 14.1. The van der Waals surface area contributed by atoms with Crippen molar-refractivity contribution in [1.82, 2.24) is 20.5 Å². The molecule has 1 amide bonds. The average molecular weight is 432 g/mol. The predicted molar refractivity (Wildman–Crippen MR) is 119 cm³/mol. The maximum absolute atomic E-state index is 14.4. The molecular formula is C25H25FN4O2. The third-order valence-electron chi connectivity index (χ3n) is 5.77. The summed E-state index contributed by atoms with van der Waals surface area (Å²) in [4.78, 5) is 28.1. The second-order valence-corrected chi connectivity index (χ2v) is 8.15. The number of halogens is 1. The van der Waals surface area contributed by atoms with E-state index in [-0.39, 0.29) is 29.8 Å². The number of aromatic nitrogens is 3. The van der Waals surface area contributed by atoms with Gasteiger partial charge in [0.2, 0.25) is 5.91 Å². The van der Waals surface area contributed by atoms with Gasteiger partial charge in [-0.15, -0.1) is 0 Å². The van der Waals surface area contributed by atoms with Crippen LogP contribution in [0.4, 0.5) is 4.39 Å². The molecule has 1 fully saturated rings. The molecule has 1 saturated carbocycles. The summed E-state index contributed by atoms with van der Waals surface area (Å²) < 4.78 is 14.4. The quantitative estimate of drug-likeness (QED) is 0.496. The fourth-order valence-corrected chi connectivity index (χ4v) is 3.55. The molecule has 2 aromatic heterocycles. The summed E-state index contributed by atoms with van der Waals surface area (Å²) in [6.07, 6.45) is 5.36. The van der Waals surface area contributed by atoms with Crippen molar-refractivity contribution in [3.63, 3.8) is 0 Å². The van der Waals surface area contributed by atoms with Crippen molar-refractivity contribution in [1.29, 1.82) is 0 Å². The first kappa shape index (κ1) is 21.6. The fraction of sp³-hybridized carbons (Fsp3) is 0.280. The van der Waals surface area contributed by atoms with Crippen LogP contribution in [-0.2, 0) is 22.6 Å². The molecule has 2 heterocycles. The number of hydrogen-bond acceptors (Lipinski definition) is 4. The highest BCUT2D eigenvalue weighted by Gasteiger charge is 2.26. The molecule has 6 nitrogen and oxygen atoms in total. The molecule has 1 aliphatic rings. The Labute approximate surface area is 186 Å². The summed E-state index contributed by atoms with van der Waals surface area (Å²) in [5.41, 5.74) is 4.38. The number of nitrogens with zero attached hydrogens (tertiary/aromatic N) is 2. The van der Waals surface area contributed by atoms with Gasteiger partial charge < -0.3 is 5.32 Å². The summed E-state index contributed by atoms with van der Waals surface area (Å²) in [6, 6.07) is 10.9. The van der Waals surface area contributed by atoms with Crippen LogP contribution in [0.5, 0.6) is 0 Å². The van der Waals surface area contributed by atoms with Gasteiger partial charge in [0, 0.05) is 35.7 Å². The molecule has 0 aliphatic heterocycles. The minimum absolute atomic E-state index is 0.00594. The van der Waals surface area contributed by atoms with Crippen LogP contribution in [0.1, 0.15) is 54.2 Å². The lowest BCUT2D eigenvalue weighted by atomic mass is 9.92. The first-order valence-corrected chi connectivity index (χ1v) is 10.7. The second kappa shape index (κ2) is 9.26. The monoisotopic (exact) mass is 432 g/mol. The van der Waals surface area contributed by atoms with Crippen LogP contribution in [-0.4, -0.2) is 26.9 Å². The maximum atomic E-state index is 14.4. The van der Waals surface area contributed by atoms with E-state index in [1.165, 1.54) is 18.9 Å². The Morgan fingerprint density at radius 3 is 2.66 bits per heavy atom. The van der Waals surface area contributed by atoms with Crippen molar-refractivity contribution in [3.05, 3.63) is 83.7 Å². The Morgan fingerprint density at radius 1 is 1.25 bits per heavy atom. The number of H-pyrrole nitrogens is 1. The molecule has 2 N–H and O–H groups in total. The lowest BCUT2D eigenvalue weighted by Crippen LogP contribution is -2.21. The Morgan fingerprint density at radius 2 is 2.00 bits per heavy atom. The molecule has 7 heteroatoms. The van der Waals surface area contributed by atoms with Crippen LogP contribution < -0.4 is 5.32 Å². The van der Waals surface area contributed by atoms with Gasteiger partial charge in [-0.3, -0.25) is 19.7 Å². The first-order valence-electron chi connectivity index (χ1n) is 10.7. The molecular weight excluding hydrogens is 407 g/mol. The van der Waals surface area contributed by atoms with Gasteiger partial charge in [-0.1, -0.05) is 37.8 Å². The molecule has 1 aliphatic carbocycles. The first-order chi connectivity index (χ1) is 15.4. The molecule has 32 heavy (non-hydrogen) atoms. The molecule has 3 aromatic rings. The topological polar surface area (TPSA) is 87.7 Å². The number of ketones is 1. The van der Waals surface area contributed by atoms with E-state index in [0.717, 1.165) is 28.6 Å². The molecule has 0 radical (unpaired) electrons. The highest BCUT2D eigenvalue weighted by atomic mass is 19.1. The Kier molecular flexibility index (Phi) is 6.25. The van der Waals surface area contributed by atoms with Gasteiger partial charge >= 0.3 is 0 Å². The Balaban J connectivity index is 1.40. The Hall–Kier alpha value is -3.61. The molecule has 1 atom stereocenters. The van der Waals surface area contributed by atoms with E-state index in [4.69, 9.17) is 0 Å². The van der Waals surface area contributed by atoms with Crippen LogP contribution in [0.25, 0.3) is 11.1 Å². The zero-order valence-electron chi connectivity index (χ0n) is 17.9. The lowest BCUT2D eigenvalue weighted by Gasteiger charge is -2.12. The summed E-state index contributed by atoms with van der Waals surface area (Å²) in [7, 11) is 0. The molecule has 0 bridgehead atoms. The van der Waals surface area contributed by atoms with Gasteiger partial charge in [0.15, 0.2) is 0 Å². The summed E-state index contributed by atoms with van der Waals surface area (Å²) >= 11 is 0. The summed E-state index contributed by atoms with van der Waals surface area (Å²) in [5.74, 6) is -0.473. The number of amides is 1. The molecule has 0 spiro atoms. The zero-order chi connectivity index (χ0) is 22.7. The second-order valence-electron chi connectivity index (χ2n) is 8.15. The van der Waals surface area contributed by atoms with Gasteiger partial charge in [0.1, 0.15) is 11.6 Å². The van der Waals surface area contributed by atoms with E-state index in [0.29, 0.717) is 17.9 Å². The number of carbonyl (C=O) groups excluding carboxylic acids is 2. The van der Waals surface area contributed by atoms with Crippen LogP contribution >= 0.6 is 0 Å². The van der Waals surface area contributed by atoms with E-state index in [9.17, 15) is 14.0 Å². The van der Waals surface area contributed by atoms with E-state index >= 15 is 0 Å². The number of Topliss-reactive ketones (excluding diaryl/α,β-unsaturated/α-hetero) is 1. The van der Waals surface area contributed by atoms with Crippen molar-refractivity contribution in [2.75, 3.05) is 0 Å². The SMILES string of the molecule is C=CC(=O)NCc1ncc(-c2ccc([C@H](C)C(=O)Cc3cc(C4CC4)n[nH]3)cc2)cc1F. The van der Waals surface area contributed by atoms with E-state index in [1.807, 2.05) is 37.3 Å². The average Bonchev–Trinajstić information content (AvgIpc) is 3.56. The van der Waals surface area contributed by atoms with Crippen LogP contribution in [0.15, 0.2) is 55.3 Å². The smallest absolute Gasteiger partial charge is 0.243 e. The number of hydrogen-bond donors (Lipinski definition) is 2. The van der Waals surface area contributed by atoms with Crippen molar-refractivity contribution < 1.29 is 14.0 Å². The van der Waals surface area contributed by atoms with Crippen LogP contribution in [0, 0.1) is 5.82 Å². The van der Waals surface area contributed by atoms with E-state index in [2.05, 4.69) is 27.1 Å². The number of aromatic amines is 1. The number of pyridine rings is 1. The standard InChI is InChI=1S/C25H25FN4O2/c1-3-25(32)28-14-23-21(26)10-19(13-27-23)17-6-4-16(5-7-17)15(2)24(31)12-20-11-22(30-29-20)18-8-9-18/h3-7,10-11,13,15,18H,1,8-9,12,14H2,2H3,(H,28,32)(H,29,30)/t15-/m0/s1. The predicted octanol–water partition coefficient (Wildman–Crippen LogP) is 4.21. The molecule has 4 rings (SSSR count). The van der Waals surface area contributed by atoms with Crippen LogP contribution in [0.3, 0.4) is 0 Å². The van der Waals surface area contributed by atoms with Crippen LogP contribution in [0.2, 0.25) is 0 Å². The molecule has 1 aromatic carbocycles. The number of benzene rings is 1. The lowest BCUT2D eigenvalue weighted by molar-refractivity contribution is -0.119. The van der Waals surface area contributed by atoms with Crippen molar-refractivity contribution in [2.45, 2.75) is 44.6 Å². The third-order valence-corrected chi connectivity index (χ3v) is 5.77. The van der Waals surface area contributed by atoms with Gasteiger partial charge in [0.05, 0.1) is 17.9 Å². The van der Waals surface area contributed by atoms with Gasteiger partial charge in [0.25, 0.3) is 0 Å². The minimum atomic E-state index is -0.496. The fourth-order valence-electron chi connectivity index (χ4n) is 3.55. The number of carbonyl (C=O) groups is 2. The molecule has 0 saturated heterocycles. The zero-order valence-corrected chi connectivity index (χ0v) is 17.9. The minimum Gasteiger partial charge on any atom is -0.347 e. The summed E-state index contributed by atoms with van der Waals surface area (Å²) in [5, 5.41) is 9.80. The van der Waals surface area contributed by atoms with Crippen molar-refractivity contribution in [3.8, 4) is 11.1 Å². The third kappa shape index (κ3) is 4.99. The molecule has 0 unspecified atom stereocenters. The number of rotatable bonds is 9. The number of nitrogens with one attached hydrogen (secondary N) is 2. The highest BCUT2D eigenvalue weighted by Crippen LogP contribution is 2.39. The van der Waals surface area contributed by atoms with Gasteiger partial charge in [-0.25, -0.2) is 4.39 Å².